The Labute approximate surface area is 194 Å². The molecule has 0 unspecified atom stereocenters. The number of likely N-dealkylation sites (tertiary alicyclic amines) is 1. The van der Waals surface area contributed by atoms with Crippen molar-refractivity contribution in [1.29, 1.82) is 0 Å². The molecule has 0 radical (unpaired) electrons. The summed E-state index contributed by atoms with van der Waals surface area (Å²) >= 11 is 0. The Kier molecular flexibility index (Phi) is 6.57. The number of benzene rings is 2. The predicted molar refractivity (Wildman–Crippen MR) is 128 cm³/mol. The zero-order valence-corrected chi connectivity index (χ0v) is 19.2. The van der Waals surface area contributed by atoms with Crippen molar-refractivity contribution >= 4 is 11.4 Å². The monoisotopic (exact) mass is 443 g/mol. The smallest absolute Gasteiger partial charge is 0.269 e. The average molecular weight is 444 g/mol. The molecule has 0 aliphatic carbocycles. The lowest BCUT2D eigenvalue weighted by Gasteiger charge is -2.39. The van der Waals surface area contributed by atoms with Crippen LogP contribution < -0.4 is 0 Å². The van der Waals surface area contributed by atoms with Gasteiger partial charge in [-0.2, -0.15) is 0 Å². The second-order valence-corrected chi connectivity index (χ2v) is 9.35. The Balaban J connectivity index is 1.38. The summed E-state index contributed by atoms with van der Waals surface area (Å²) < 4.78 is 2.25. The summed E-state index contributed by atoms with van der Waals surface area (Å²) in [6.45, 7) is 15.0. The highest BCUT2D eigenvalue weighted by atomic mass is 16.6. The molecule has 1 aliphatic heterocycles. The molecule has 0 N–H and O–H groups in total. The van der Waals surface area contributed by atoms with E-state index in [1.807, 2.05) is 43.5 Å². The van der Waals surface area contributed by atoms with Gasteiger partial charge < -0.3 is 4.57 Å². The minimum atomic E-state index is -0.321. The summed E-state index contributed by atoms with van der Waals surface area (Å²) in [7, 11) is 0. The molecule has 0 amide bonds. The highest BCUT2D eigenvalue weighted by Gasteiger charge is 2.31. The molecule has 0 bridgehead atoms. The van der Waals surface area contributed by atoms with Crippen LogP contribution in [-0.2, 0) is 19.5 Å². The minimum absolute atomic E-state index is 0.145. The molecule has 33 heavy (non-hydrogen) atoms. The van der Waals surface area contributed by atoms with Gasteiger partial charge in [-0.05, 0) is 55.8 Å². The molecule has 3 aromatic rings. The fourth-order valence-electron chi connectivity index (χ4n) is 4.65. The maximum Gasteiger partial charge on any atom is 0.269 e. The normalized spacial score (nSPS) is 15.8. The lowest BCUT2D eigenvalue weighted by atomic mass is 9.75. The molecular formula is C26H29N5O2. The van der Waals surface area contributed by atoms with E-state index in [1.165, 1.54) is 5.69 Å². The summed E-state index contributed by atoms with van der Waals surface area (Å²) in [5, 5.41) is 11.1. The Hall–Kier alpha value is -3.50. The van der Waals surface area contributed by atoms with Gasteiger partial charge in [-0.3, -0.25) is 15.0 Å². The van der Waals surface area contributed by atoms with Crippen LogP contribution in [0.2, 0.25) is 0 Å². The van der Waals surface area contributed by atoms with Gasteiger partial charge in [0.05, 0.1) is 17.2 Å². The van der Waals surface area contributed by atoms with Gasteiger partial charge in [0.15, 0.2) is 5.69 Å². The topological polar surface area (TPSA) is 68.6 Å². The van der Waals surface area contributed by atoms with Crippen LogP contribution in [0.25, 0.3) is 4.85 Å². The highest BCUT2D eigenvalue weighted by Crippen LogP contribution is 2.35. The van der Waals surface area contributed by atoms with E-state index in [9.17, 15) is 10.1 Å². The van der Waals surface area contributed by atoms with E-state index in [2.05, 4.69) is 26.2 Å². The van der Waals surface area contributed by atoms with Crippen molar-refractivity contribution in [2.45, 2.75) is 46.2 Å². The van der Waals surface area contributed by atoms with E-state index in [1.54, 1.807) is 18.2 Å². The number of rotatable bonds is 7. The number of non-ortho nitro benzene ring substituents is 1. The van der Waals surface area contributed by atoms with Crippen LogP contribution >= 0.6 is 0 Å². The molecule has 7 nitrogen and oxygen atoms in total. The van der Waals surface area contributed by atoms with Crippen LogP contribution in [0, 0.1) is 29.0 Å². The van der Waals surface area contributed by atoms with E-state index in [-0.39, 0.29) is 16.0 Å². The van der Waals surface area contributed by atoms with Gasteiger partial charge in [0, 0.05) is 31.4 Å². The van der Waals surface area contributed by atoms with Gasteiger partial charge in [0.1, 0.15) is 5.82 Å². The first-order valence-electron chi connectivity index (χ1n) is 11.3. The van der Waals surface area contributed by atoms with Gasteiger partial charge >= 0.3 is 0 Å². The van der Waals surface area contributed by atoms with Crippen LogP contribution in [0.5, 0.6) is 0 Å². The van der Waals surface area contributed by atoms with Crippen molar-refractivity contribution in [2.24, 2.45) is 5.41 Å². The third-order valence-electron chi connectivity index (χ3n) is 6.74. The third-order valence-corrected chi connectivity index (χ3v) is 6.74. The lowest BCUT2D eigenvalue weighted by Crippen LogP contribution is -2.39. The number of hydrogen-bond acceptors (Lipinski definition) is 4. The average Bonchev–Trinajstić information content (AvgIpc) is 3.15. The van der Waals surface area contributed by atoms with Crippen molar-refractivity contribution in [3.63, 3.8) is 0 Å². The largest absolute Gasteiger partial charge is 0.327 e. The third kappa shape index (κ3) is 5.47. The first kappa shape index (κ1) is 22.7. The van der Waals surface area contributed by atoms with E-state index in [0.29, 0.717) is 5.69 Å². The van der Waals surface area contributed by atoms with Gasteiger partial charge in [-0.15, -0.1) is 0 Å². The Morgan fingerprint density at radius 1 is 1.12 bits per heavy atom. The molecule has 2 heterocycles. The number of nitro groups is 1. The number of nitrogens with zero attached hydrogens (tertiary/aromatic N) is 5. The minimum Gasteiger partial charge on any atom is -0.327 e. The predicted octanol–water partition coefficient (Wildman–Crippen LogP) is 5.54. The van der Waals surface area contributed by atoms with E-state index < -0.39 is 0 Å². The lowest BCUT2D eigenvalue weighted by molar-refractivity contribution is -0.384. The number of piperidine rings is 1. The Morgan fingerprint density at radius 3 is 2.52 bits per heavy atom. The molecule has 7 heteroatoms. The van der Waals surface area contributed by atoms with E-state index >= 15 is 0 Å². The Morgan fingerprint density at radius 2 is 1.85 bits per heavy atom. The SMILES string of the molecule is [C-]#[N+]c1ccc(Cn2c(CN3CCC(C)(Cc4cccc([N+](=O)[O-])c4)CC3)cnc2C)cc1. The number of nitro benzene ring substituents is 1. The molecule has 2 aromatic carbocycles. The maximum atomic E-state index is 11.1. The van der Waals surface area contributed by atoms with Gasteiger partial charge in [-0.1, -0.05) is 43.3 Å². The second-order valence-electron chi connectivity index (χ2n) is 9.35. The molecule has 0 spiro atoms. The zero-order chi connectivity index (χ0) is 23.4. The van der Waals surface area contributed by atoms with Crippen molar-refractivity contribution < 1.29 is 4.92 Å². The fourth-order valence-corrected chi connectivity index (χ4v) is 4.65. The summed E-state index contributed by atoms with van der Waals surface area (Å²) in [6, 6.07) is 14.8. The van der Waals surface area contributed by atoms with Crippen molar-refractivity contribution in [2.75, 3.05) is 13.1 Å². The van der Waals surface area contributed by atoms with E-state index in [0.717, 1.165) is 62.4 Å². The van der Waals surface area contributed by atoms with Crippen LogP contribution in [0.3, 0.4) is 0 Å². The number of imidazole rings is 1. The summed E-state index contributed by atoms with van der Waals surface area (Å²) in [6.07, 6.45) is 4.95. The van der Waals surface area contributed by atoms with E-state index in [4.69, 9.17) is 6.57 Å². The quantitative estimate of drug-likeness (QED) is 0.273. The van der Waals surface area contributed by atoms with Crippen LogP contribution in [0.15, 0.2) is 54.7 Å². The molecule has 1 aromatic heterocycles. The standard InChI is InChI=1S/C26H29N5O2/c1-20-28-17-25(30(20)18-21-7-9-23(27-3)10-8-21)19-29-13-11-26(2,12-14-29)16-22-5-4-6-24(15-22)31(32)33/h4-10,15,17H,11-14,16,18-19H2,1-2H3. The summed E-state index contributed by atoms with van der Waals surface area (Å²) in [5.41, 5.74) is 4.37. The number of aromatic nitrogens is 2. The molecule has 4 rings (SSSR count). The number of hydrogen-bond donors (Lipinski definition) is 0. The summed E-state index contributed by atoms with van der Waals surface area (Å²) in [5.74, 6) is 0.992. The van der Waals surface area contributed by atoms with Crippen molar-refractivity contribution in [1.82, 2.24) is 14.5 Å². The fraction of sp³-hybridized carbons (Fsp3) is 0.385. The van der Waals surface area contributed by atoms with Gasteiger partial charge in [-0.25, -0.2) is 9.83 Å². The molecule has 170 valence electrons. The van der Waals surface area contributed by atoms with Crippen molar-refractivity contribution in [3.8, 4) is 0 Å². The zero-order valence-electron chi connectivity index (χ0n) is 19.2. The molecule has 0 atom stereocenters. The van der Waals surface area contributed by atoms with Crippen LogP contribution in [0.4, 0.5) is 11.4 Å². The molecule has 1 fully saturated rings. The van der Waals surface area contributed by atoms with Crippen LogP contribution in [-0.4, -0.2) is 32.5 Å². The highest BCUT2D eigenvalue weighted by molar-refractivity contribution is 5.45. The number of aryl methyl sites for hydroxylation is 1. The summed E-state index contributed by atoms with van der Waals surface area (Å²) in [4.78, 5) is 21.3. The molecule has 1 aliphatic rings. The van der Waals surface area contributed by atoms with Gasteiger partial charge in [0.25, 0.3) is 5.69 Å². The molecule has 0 saturated carbocycles. The maximum absolute atomic E-state index is 11.1. The van der Waals surface area contributed by atoms with Crippen molar-refractivity contribution in [3.05, 3.63) is 98.9 Å². The molecule has 1 saturated heterocycles. The van der Waals surface area contributed by atoms with Gasteiger partial charge in [0.2, 0.25) is 0 Å². The van der Waals surface area contributed by atoms with Crippen LogP contribution in [0.1, 0.15) is 42.4 Å². The Bertz CT molecular complexity index is 1170. The molecular weight excluding hydrogens is 414 g/mol. The second kappa shape index (κ2) is 9.55. The first-order chi connectivity index (χ1) is 15.8. The first-order valence-corrected chi connectivity index (χ1v) is 11.3.